The molecule has 1 aromatic rings. The minimum Gasteiger partial charge on any atom is -0.494 e. The Kier molecular flexibility index (Phi) is 3.68. The molecule has 86 valence electrons. The number of benzene rings is 1. The molecule has 0 aliphatic carbocycles. The van der Waals surface area contributed by atoms with E-state index in [0.717, 1.165) is 6.07 Å². The fraction of sp³-hybridized carbons (Fsp3) is 0.222. The van der Waals surface area contributed by atoms with E-state index in [1.807, 2.05) is 0 Å². The molecule has 0 fully saturated rings. The summed E-state index contributed by atoms with van der Waals surface area (Å²) in [6.07, 6.45) is 0. The van der Waals surface area contributed by atoms with Gasteiger partial charge in [-0.3, -0.25) is 14.9 Å². The number of nitrogens with one attached hydrogen (secondary N) is 1. The summed E-state index contributed by atoms with van der Waals surface area (Å²) in [6.45, 7) is 0. The Balaban J connectivity index is 3.49. The lowest BCUT2D eigenvalue weighted by atomic mass is 10.1. The van der Waals surface area contributed by atoms with Gasteiger partial charge in [-0.25, -0.2) is 0 Å². The topological polar surface area (TPSA) is 81.5 Å². The van der Waals surface area contributed by atoms with Gasteiger partial charge in [-0.05, 0) is 17.7 Å². The van der Waals surface area contributed by atoms with E-state index in [-0.39, 0.29) is 22.7 Å². The van der Waals surface area contributed by atoms with Gasteiger partial charge in [0.25, 0.3) is 10.9 Å². The molecular weight excluding hydrogens is 236 g/mol. The van der Waals surface area contributed by atoms with E-state index >= 15 is 0 Å². The largest absolute Gasteiger partial charge is 0.494 e. The molecule has 0 spiro atoms. The minimum absolute atomic E-state index is 0.0178. The zero-order valence-electron chi connectivity index (χ0n) is 8.61. The van der Waals surface area contributed by atoms with Crippen LogP contribution >= 0.6 is 11.6 Å². The fourth-order valence-corrected chi connectivity index (χ4v) is 1.38. The zero-order chi connectivity index (χ0) is 12.3. The second-order valence-corrected chi connectivity index (χ2v) is 3.20. The monoisotopic (exact) mass is 244 g/mol. The average molecular weight is 245 g/mol. The summed E-state index contributed by atoms with van der Waals surface area (Å²) in [5, 5.41) is 12.6. The quantitative estimate of drug-likeness (QED) is 0.498. The van der Waals surface area contributed by atoms with Crippen LogP contribution in [0.4, 0.5) is 11.4 Å². The molecule has 0 atom stereocenters. The highest BCUT2D eigenvalue weighted by Crippen LogP contribution is 2.35. The summed E-state index contributed by atoms with van der Waals surface area (Å²) in [7, 11) is 2.87. The van der Waals surface area contributed by atoms with Gasteiger partial charge in [-0.2, -0.15) is 0 Å². The molecule has 0 aliphatic heterocycles. The SMILES string of the molecule is CNc1c(OC)cc(C(=O)Cl)cc1[N+](=O)[O-]. The normalized spacial score (nSPS) is 9.69. The first-order valence-corrected chi connectivity index (χ1v) is 4.63. The molecule has 0 saturated heterocycles. The maximum Gasteiger partial charge on any atom is 0.296 e. The number of nitro benzene ring substituents is 1. The Hall–Kier alpha value is -1.82. The van der Waals surface area contributed by atoms with Gasteiger partial charge in [-0.1, -0.05) is 0 Å². The third-order valence-corrected chi connectivity index (χ3v) is 2.19. The standard InChI is InChI=1S/C9H9ClN2O4/c1-11-8-6(12(14)15)3-5(9(10)13)4-7(8)16-2/h3-4,11H,1-2H3. The Morgan fingerprint density at radius 1 is 1.56 bits per heavy atom. The number of anilines is 1. The van der Waals surface area contributed by atoms with Crippen LogP contribution in [0.25, 0.3) is 0 Å². The number of methoxy groups -OCH3 is 1. The molecule has 0 bridgehead atoms. The van der Waals surface area contributed by atoms with Gasteiger partial charge in [0, 0.05) is 18.7 Å². The molecule has 0 radical (unpaired) electrons. The van der Waals surface area contributed by atoms with E-state index < -0.39 is 10.2 Å². The van der Waals surface area contributed by atoms with Gasteiger partial charge in [0.2, 0.25) is 0 Å². The maximum absolute atomic E-state index is 11.0. The van der Waals surface area contributed by atoms with Crippen molar-refractivity contribution in [2.24, 2.45) is 0 Å². The van der Waals surface area contributed by atoms with Crippen molar-refractivity contribution in [3.8, 4) is 5.75 Å². The van der Waals surface area contributed by atoms with Crippen LogP contribution < -0.4 is 10.1 Å². The van der Waals surface area contributed by atoms with Crippen molar-refractivity contribution in [3.05, 3.63) is 27.8 Å². The lowest BCUT2D eigenvalue weighted by Gasteiger charge is -2.09. The van der Waals surface area contributed by atoms with Crippen LogP contribution in [-0.2, 0) is 0 Å². The number of ether oxygens (including phenoxy) is 1. The third-order valence-electron chi connectivity index (χ3n) is 1.97. The number of halogens is 1. The smallest absolute Gasteiger partial charge is 0.296 e. The van der Waals surface area contributed by atoms with E-state index in [4.69, 9.17) is 16.3 Å². The third kappa shape index (κ3) is 2.22. The zero-order valence-corrected chi connectivity index (χ0v) is 9.37. The number of rotatable bonds is 4. The van der Waals surface area contributed by atoms with Crippen molar-refractivity contribution in [3.63, 3.8) is 0 Å². The van der Waals surface area contributed by atoms with Crippen LogP contribution in [0, 0.1) is 10.1 Å². The molecule has 7 heteroatoms. The van der Waals surface area contributed by atoms with Crippen LogP contribution in [0.5, 0.6) is 5.75 Å². The van der Waals surface area contributed by atoms with Crippen LogP contribution in [0.1, 0.15) is 10.4 Å². The number of hydrogen-bond acceptors (Lipinski definition) is 5. The van der Waals surface area contributed by atoms with E-state index in [9.17, 15) is 14.9 Å². The lowest BCUT2D eigenvalue weighted by Crippen LogP contribution is -2.02. The summed E-state index contributed by atoms with van der Waals surface area (Å²) < 4.78 is 4.94. The molecule has 6 nitrogen and oxygen atoms in total. The van der Waals surface area contributed by atoms with Crippen molar-refractivity contribution >= 4 is 28.2 Å². The fourth-order valence-electron chi connectivity index (χ4n) is 1.27. The van der Waals surface area contributed by atoms with E-state index in [1.165, 1.54) is 20.2 Å². The number of carbonyl (C=O) groups excluding carboxylic acids is 1. The first-order chi connectivity index (χ1) is 7.51. The molecule has 0 heterocycles. The van der Waals surface area contributed by atoms with Crippen LogP contribution in [0.3, 0.4) is 0 Å². The highest BCUT2D eigenvalue weighted by Gasteiger charge is 2.21. The Labute approximate surface area is 96.3 Å². The van der Waals surface area contributed by atoms with Gasteiger partial charge in [0.05, 0.1) is 12.0 Å². The molecule has 0 aromatic heterocycles. The molecule has 1 rings (SSSR count). The van der Waals surface area contributed by atoms with E-state index in [0.29, 0.717) is 0 Å². The van der Waals surface area contributed by atoms with Crippen molar-refractivity contribution in [2.45, 2.75) is 0 Å². The van der Waals surface area contributed by atoms with Crippen molar-refractivity contribution in [1.29, 1.82) is 0 Å². The number of hydrogen-bond donors (Lipinski definition) is 1. The second kappa shape index (κ2) is 4.80. The molecule has 0 saturated carbocycles. The Morgan fingerprint density at radius 2 is 2.19 bits per heavy atom. The molecule has 0 aliphatic rings. The molecule has 1 aromatic carbocycles. The highest BCUT2D eigenvalue weighted by molar-refractivity contribution is 6.67. The second-order valence-electron chi connectivity index (χ2n) is 2.85. The molecule has 1 N–H and O–H groups in total. The van der Waals surface area contributed by atoms with E-state index in [1.54, 1.807) is 0 Å². The van der Waals surface area contributed by atoms with Crippen molar-refractivity contribution in [1.82, 2.24) is 0 Å². The summed E-state index contributed by atoms with van der Waals surface area (Å²) >= 11 is 5.27. The first kappa shape index (κ1) is 12.3. The van der Waals surface area contributed by atoms with Crippen molar-refractivity contribution < 1.29 is 14.5 Å². The van der Waals surface area contributed by atoms with Gasteiger partial charge in [0.15, 0.2) is 5.69 Å². The number of nitrogens with zero attached hydrogens (tertiary/aromatic N) is 1. The minimum atomic E-state index is -0.774. The summed E-state index contributed by atoms with van der Waals surface area (Å²) in [6, 6.07) is 2.44. The molecule has 0 amide bonds. The van der Waals surface area contributed by atoms with Gasteiger partial charge in [-0.15, -0.1) is 0 Å². The summed E-state index contributed by atoms with van der Waals surface area (Å²) in [5.74, 6) is 0.195. The van der Waals surface area contributed by atoms with Crippen LogP contribution in [0.2, 0.25) is 0 Å². The lowest BCUT2D eigenvalue weighted by molar-refractivity contribution is -0.384. The predicted octanol–water partition coefficient (Wildman–Crippen LogP) is 2.02. The highest BCUT2D eigenvalue weighted by atomic mass is 35.5. The Morgan fingerprint density at radius 3 is 2.56 bits per heavy atom. The van der Waals surface area contributed by atoms with Gasteiger partial charge < -0.3 is 10.1 Å². The van der Waals surface area contributed by atoms with Gasteiger partial charge in [0.1, 0.15) is 5.75 Å². The molecule has 0 unspecified atom stereocenters. The first-order valence-electron chi connectivity index (χ1n) is 4.25. The van der Waals surface area contributed by atoms with Crippen LogP contribution in [0.15, 0.2) is 12.1 Å². The number of carbonyl (C=O) groups is 1. The van der Waals surface area contributed by atoms with Crippen LogP contribution in [-0.4, -0.2) is 24.3 Å². The number of nitro groups is 1. The predicted molar refractivity (Wildman–Crippen MR) is 59.4 cm³/mol. The summed E-state index contributed by atoms with van der Waals surface area (Å²) in [4.78, 5) is 21.1. The molecule has 16 heavy (non-hydrogen) atoms. The van der Waals surface area contributed by atoms with Crippen molar-refractivity contribution in [2.75, 3.05) is 19.5 Å². The van der Waals surface area contributed by atoms with Gasteiger partial charge >= 0.3 is 0 Å². The summed E-state index contributed by atoms with van der Waals surface area (Å²) in [5.41, 5.74) is -0.0377. The average Bonchev–Trinajstić information content (AvgIpc) is 2.26. The maximum atomic E-state index is 11.0. The Bertz CT molecular complexity index is 447. The molecular formula is C9H9ClN2O4. The van der Waals surface area contributed by atoms with E-state index in [2.05, 4.69) is 5.32 Å².